The zero-order chi connectivity index (χ0) is 48.6. The number of hydrogen-bond donors (Lipinski definition) is 5. The number of ether oxygens (including phenoxy) is 2. The Morgan fingerprint density at radius 1 is 0.758 bits per heavy atom. The largest absolute Gasteiger partial charge is 0.461 e. The standard InChI is InChI=1S/C49H67F2N7O8/c1-11-42(55-46(61)28(5)52-9)48(63)57-24-36(65-30(7)59)21-34(57)15-18-39(38-16-13-32(50)19-26(38)3)27(4)45-41(40-17-14-33(51)20-44(40)54-45)23-35-22-37(66-31(8)60)25-58(35)49(64)43(12-2)56-47(62)29(6)53-10/h13-14,16-17,19-20,28-29,34-37,42-43,52-54H,11-12,15,18,21-25H2,1-10H3,(H,55,61)(H,56,62)/b39-27+/t28-,29-,34+,35-,36?,37-,42-,43?/m0/s1. The van der Waals surface area contributed by atoms with Crippen molar-refractivity contribution in [1.29, 1.82) is 0 Å². The van der Waals surface area contributed by atoms with Gasteiger partial charge in [0.25, 0.3) is 0 Å². The van der Waals surface area contributed by atoms with Crippen LogP contribution < -0.4 is 21.3 Å². The predicted octanol–water partition coefficient (Wildman–Crippen LogP) is 5.08. The van der Waals surface area contributed by atoms with Crippen LogP contribution in [0.3, 0.4) is 0 Å². The number of likely N-dealkylation sites (N-methyl/N-ethyl adjacent to an activating group) is 2. The van der Waals surface area contributed by atoms with Crippen LogP contribution in [0.5, 0.6) is 0 Å². The highest BCUT2D eigenvalue weighted by Crippen LogP contribution is 2.39. The third-order valence-electron chi connectivity index (χ3n) is 13.1. The van der Waals surface area contributed by atoms with Crippen LogP contribution in [0.25, 0.3) is 22.0 Å². The number of benzene rings is 2. The molecule has 2 fully saturated rings. The second-order valence-electron chi connectivity index (χ2n) is 17.7. The number of carbonyl (C=O) groups excluding carboxylic acids is 6. The Kier molecular flexibility index (Phi) is 17.6. The summed E-state index contributed by atoms with van der Waals surface area (Å²) < 4.78 is 41.0. The summed E-state index contributed by atoms with van der Waals surface area (Å²) in [6, 6.07) is 5.36. The van der Waals surface area contributed by atoms with E-state index in [1.165, 1.54) is 38.1 Å². The van der Waals surface area contributed by atoms with Gasteiger partial charge in [0.2, 0.25) is 23.6 Å². The van der Waals surface area contributed by atoms with Crippen molar-refractivity contribution in [2.75, 3.05) is 27.2 Å². The summed E-state index contributed by atoms with van der Waals surface area (Å²) in [4.78, 5) is 85.7. The van der Waals surface area contributed by atoms with Crippen molar-refractivity contribution in [3.63, 3.8) is 0 Å². The highest BCUT2D eigenvalue weighted by molar-refractivity contribution is 5.97. The molecule has 17 heteroatoms. The Balaban J connectivity index is 1.59. The summed E-state index contributed by atoms with van der Waals surface area (Å²) in [7, 11) is 3.31. The van der Waals surface area contributed by atoms with Crippen molar-refractivity contribution in [2.45, 2.75) is 149 Å². The van der Waals surface area contributed by atoms with Crippen LogP contribution >= 0.6 is 0 Å². The smallest absolute Gasteiger partial charge is 0.302 e. The molecule has 2 aliphatic rings. The number of likely N-dealkylation sites (tertiary alicyclic amines) is 2. The van der Waals surface area contributed by atoms with Crippen molar-refractivity contribution in [1.82, 2.24) is 36.1 Å². The molecule has 0 bridgehead atoms. The van der Waals surface area contributed by atoms with Crippen molar-refractivity contribution in [3.05, 3.63) is 70.4 Å². The zero-order valence-electron chi connectivity index (χ0n) is 39.9. The quantitative estimate of drug-likeness (QED) is 0.101. The van der Waals surface area contributed by atoms with Gasteiger partial charge in [-0.1, -0.05) is 19.9 Å². The summed E-state index contributed by atoms with van der Waals surface area (Å²) in [5.74, 6) is -3.11. The highest BCUT2D eigenvalue weighted by Gasteiger charge is 2.42. The first-order chi connectivity index (χ1) is 31.3. The van der Waals surface area contributed by atoms with E-state index in [0.29, 0.717) is 60.7 Å². The SMILES string of the molecule is CCC(NC(=O)[C@H](C)NC)C(=O)N1C[C@@H](OC(C)=O)C[C@H]1Cc1c(/C(C)=C(\CC[C@@H]2CC(OC(C)=O)CN2C(=O)[C@H](CC)NC(=O)[C@H](C)NC)c2ccc(F)cc2C)[nH]c2cc(F)ccc12. The number of hydrogen-bond acceptors (Lipinski definition) is 10. The van der Waals surface area contributed by atoms with Gasteiger partial charge in [-0.25, -0.2) is 8.78 Å². The van der Waals surface area contributed by atoms with Gasteiger partial charge >= 0.3 is 11.9 Å². The molecule has 3 heterocycles. The lowest BCUT2D eigenvalue weighted by atomic mass is 9.88. The fraction of sp³-hybridized carbons (Fsp3) is 0.551. The third kappa shape index (κ3) is 12.2. The number of carbonyl (C=O) groups is 6. The minimum Gasteiger partial charge on any atom is -0.461 e. The molecule has 0 spiro atoms. The van der Waals surface area contributed by atoms with Gasteiger partial charge in [0.05, 0.1) is 25.2 Å². The molecule has 5 rings (SSSR count). The number of H-pyrrole nitrogens is 1. The molecule has 0 radical (unpaired) electrons. The molecule has 4 amide bonds. The van der Waals surface area contributed by atoms with E-state index in [2.05, 4.69) is 26.3 Å². The number of aromatic nitrogens is 1. The first-order valence-electron chi connectivity index (χ1n) is 23.0. The number of halogens is 2. The Labute approximate surface area is 386 Å². The van der Waals surface area contributed by atoms with Crippen LogP contribution in [0.1, 0.15) is 109 Å². The van der Waals surface area contributed by atoms with Crippen LogP contribution in [0, 0.1) is 18.6 Å². The first kappa shape index (κ1) is 51.3. The van der Waals surface area contributed by atoms with Crippen molar-refractivity contribution < 1.29 is 47.0 Å². The maximum absolute atomic E-state index is 15.0. The van der Waals surface area contributed by atoms with Gasteiger partial charge in [0, 0.05) is 55.4 Å². The number of rotatable bonds is 19. The maximum Gasteiger partial charge on any atom is 0.302 e. The van der Waals surface area contributed by atoms with Gasteiger partial charge in [-0.3, -0.25) is 28.8 Å². The first-order valence-corrected chi connectivity index (χ1v) is 23.0. The number of aromatic amines is 1. The Bertz CT molecular complexity index is 2320. The number of nitrogens with one attached hydrogen (secondary N) is 5. The molecular formula is C49H67F2N7O8. The minimum absolute atomic E-state index is 0.111. The van der Waals surface area contributed by atoms with Crippen LogP contribution in [0.4, 0.5) is 8.78 Å². The van der Waals surface area contributed by atoms with Gasteiger partial charge in [-0.2, -0.15) is 0 Å². The number of nitrogens with zero attached hydrogens (tertiary/aromatic N) is 2. The molecule has 2 aromatic carbocycles. The van der Waals surface area contributed by atoms with Gasteiger partial charge in [0.15, 0.2) is 0 Å². The Hall–Kier alpha value is -5.68. The second-order valence-corrected chi connectivity index (χ2v) is 17.7. The van der Waals surface area contributed by atoms with E-state index in [1.54, 1.807) is 49.9 Å². The van der Waals surface area contributed by atoms with Gasteiger partial charge in [0.1, 0.15) is 35.9 Å². The van der Waals surface area contributed by atoms with Gasteiger partial charge < -0.3 is 45.5 Å². The fourth-order valence-corrected chi connectivity index (χ4v) is 9.27. The lowest BCUT2D eigenvalue weighted by Gasteiger charge is -2.30. The van der Waals surface area contributed by atoms with Gasteiger partial charge in [-0.05, 0) is 132 Å². The minimum atomic E-state index is -0.846. The molecule has 5 N–H and O–H groups in total. The third-order valence-corrected chi connectivity index (χ3v) is 13.1. The average Bonchev–Trinajstić information content (AvgIpc) is 3.97. The summed E-state index contributed by atoms with van der Waals surface area (Å²) in [6.45, 7) is 13.7. The molecule has 0 aliphatic carbocycles. The summed E-state index contributed by atoms with van der Waals surface area (Å²) in [5, 5.41) is 12.2. The molecule has 8 atom stereocenters. The van der Waals surface area contributed by atoms with Crippen LogP contribution in [0.15, 0.2) is 36.4 Å². The number of esters is 2. The molecule has 360 valence electrons. The average molecular weight is 920 g/mol. The molecule has 2 saturated heterocycles. The Morgan fingerprint density at radius 3 is 1.76 bits per heavy atom. The number of fused-ring (bicyclic) bond motifs is 1. The summed E-state index contributed by atoms with van der Waals surface area (Å²) in [5.41, 5.74) is 4.94. The number of allylic oxidation sites excluding steroid dienone is 2. The van der Waals surface area contributed by atoms with Crippen molar-refractivity contribution in [2.24, 2.45) is 0 Å². The predicted molar refractivity (Wildman–Crippen MR) is 248 cm³/mol. The summed E-state index contributed by atoms with van der Waals surface area (Å²) >= 11 is 0. The fourth-order valence-electron chi connectivity index (χ4n) is 9.27. The number of amides is 4. The summed E-state index contributed by atoms with van der Waals surface area (Å²) in [6.07, 6.45) is 1.17. The highest BCUT2D eigenvalue weighted by atomic mass is 19.1. The normalized spacial score (nSPS) is 20.6. The lowest BCUT2D eigenvalue weighted by Crippen LogP contribution is -2.53. The second kappa shape index (κ2) is 22.7. The van der Waals surface area contributed by atoms with Gasteiger partial charge in [-0.15, -0.1) is 0 Å². The molecular weight excluding hydrogens is 853 g/mol. The molecule has 3 aromatic rings. The van der Waals surface area contributed by atoms with E-state index >= 15 is 0 Å². The van der Waals surface area contributed by atoms with Crippen LogP contribution in [-0.2, 0) is 44.7 Å². The monoisotopic (exact) mass is 920 g/mol. The van der Waals surface area contributed by atoms with E-state index in [-0.39, 0.29) is 43.1 Å². The van der Waals surface area contributed by atoms with E-state index < -0.39 is 72.0 Å². The van der Waals surface area contributed by atoms with E-state index in [1.807, 2.05) is 27.7 Å². The maximum atomic E-state index is 15.0. The molecule has 2 unspecified atom stereocenters. The molecule has 15 nitrogen and oxygen atoms in total. The topological polar surface area (TPSA) is 191 Å². The lowest BCUT2D eigenvalue weighted by molar-refractivity contribution is -0.147. The zero-order valence-corrected chi connectivity index (χ0v) is 39.9. The molecule has 2 aliphatic heterocycles. The van der Waals surface area contributed by atoms with Crippen molar-refractivity contribution >= 4 is 57.6 Å². The van der Waals surface area contributed by atoms with Crippen LogP contribution in [0.2, 0.25) is 0 Å². The van der Waals surface area contributed by atoms with E-state index in [9.17, 15) is 37.5 Å². The Morgan fingerprint density at radius 2 is 1.26 bits per heavy atom. The molecule has 0 saturated carbocycles. The van der Waals surface area contributed by atoms with E-state index in [0.717, 1.165) is 22.3 Å². The van der Waals surface area contributed by atoms with Crippen LogP contribution in [-0.4, -0.2) is 126 Å². The molecule has 1 aromatic heterocycles. The molecule has 66 heavy (non-hydrogen) atoms. The van der Waals surface area contributed by atoms with E-state index in [4.69, 9.17) is 9.47 Å². The number of aryl methyl sites for hydroxylation is 1. The van der Waals surface area contributed by atoms with Crippen molar-refractivity contribution in [3.8, 4) is 0 Å².